The van der Waals surface area contributed by atoms with E-state index in [4.69, 9.17) is 0 Å². The first-order valence-corrected chi connectivity index (χ1v) is 53.9. The summed E-state index contributed by atoms with van der Waals surface area (Å²) in [7, 11) is 0. The Hall–Kier alpha value is -4.94. The van der Waals surface area contributed by atoms with E-state index in [9.17, 15) is 0 Å². The van der Waals surface area contributed by atoms with E-state index in [1.807, 2.05) is 0 Å². The van der Waals surface area contributed by atoms with Crippen molar-refractivity contribution in [1.29, 1.82) is 0 Å². The Morgan fingerprint density at radius 2 is 0.378 bits per heavy atom. The second-order valence-electron chi connectivity index (χ2n) is 45.0. The lowest BCUT2D eigenvalue weighted by atomic mass is 9.56. The molecular weight excluding hydrogens is 1530 g/mol. The van der Waals surface area contributed by atoms with E-state index < -0.39 is 0 Å². The molecule has 0 N–H and O–H groups in total. The molecule has 0 aromatic heterocycles. The Kier molecular flexibility index (Phi) is 110. The molecule has 0 heterocycles. The highest BCUT2D eigenvalue weighted by Crippen LogP contribution is 2.53. The molecule has 0 nitrogen and oxygen atoms in total. The van der Waals surface area contributed by atoms with Crippen LogP contribution in [0.2, 0.25) is 0 Å². The number of fused-ring (bicyclic) bond motifs is 3. The topological polar surface area (TPSA) is 0 Å². The molecule has 0 amide bonds. The lowest BCUT2D eigenvalue weighted by Crippen LogP contribution is -2.38. The molecule has 0 unspecified atom stereocenters. The molecule has 0 atom stereocenters. The average Bonchev–Trinajstić information content (AvgIpc) is 1.37. The summed E-state index contributed by atoms with van der Waals surface area (Å²) in [6, 6.07) is 34.0. The number of allylic oxidation sites excluding steroid dienone is 15. The zero-order chi connectivity index (χ0) is 97.5. The fraction of sp³-hybridized carbons (Fsp3) is 0.701. The van der Waals surface area contributed by atoms with Gasteiger partial charge >= 0.3 is 0 Å². The third kappa shape index (κ3) is 142. The summed E-state index contributed by atoms with van der Waals surface area (Å²) >= 11 is 0. The molecule has 14 aliphatic carbocycles. The molecule has 8 saturated carbocycles. The highest BCUT2D eigenvalue weighted by molar-refractivity contribution is 5.82. The minimum Gasteiger partial charge on any atom is -0.0885 e. The molecule has 14 aliphatic rings. The van der Waals surface area contributed by atoms with Crippen molar-refractivity contribution in [3.05, 3.63) is 210 Å². The van der Waals surface area contributed by atoms with Gasteiger partial charge in [0.15, 0.2) is 0 Å². The predicted molar refractivity (Wildman–Crippen MR) is 598 cm³/mol. The summed E-state index contributed by atoms with van der Waals surface area (Å²) < 4.78 is 0. The van der Waals surface area contributed by atoms with Gasteiger partial charge in [0.1, 0.15) is 0 Å². The van der Waals surface area contributed by atoms with Gasteiger partial charge in [-0.25, -0.2) is 0 Å². The van der Waals surface area contributed by atoms with E-state index in [1.165, 1.54) is 219 Å². The molecule has 0 spiro atoms. The number of hydrogen-bond acceptors (Lipinski definition) is 0. The molecule has 127 heavy (non-hydrogen) atoms. The molecule has 0 aliphatic heterocycles. The standard InChI is InChI=1S/C10H16.C10H12.C10H8.C9H8.C6H12.2C6H8.C5H10.C5H8.C5H6.C4H8.12C4H10.C3H6/c1-7-2-9-4-8(1)5-10(3-7)6-9;2*1-2-6-10-8-4-3-7-9(10)5-1;1-2-5-9-7-3-6-8(9)4-1;3*1-2-4-6-5-3-1;3*1-2-4-5-3-1;1-2-4-3-1;12*1-4(2)3;1-2-3-1/h7-10H,1-6H2;1-2,5-6H,3-4,7-8H2;1-8H;1-6H,7H2;1-6H2;1-2,5-6H,3-4H2;1-4H,5-6H2;1-5H2;1-2H,3-5H2;1-4H,5H2;1-4H2;12*4H,1-3H3;1-3H2. The van der Waals surface area contributed by atoms with Gasteiger partial charge in [-0.2, -0.15) is 0 Å². The second-order valence-corrected chi connectivity index (χ2v) is 45.0. The summed E-state index contributed by atoms with van der Waals surface area (Å²) in [5.74, 6) is 14.7. The normalized spacial score (nSPS) is 17.7. The Morgan fingerprint density at radius 1 is 0.181 bits per heavy atom. The van der Waals surface area contributed by atoms with Crippen molar-refractivity contribution in [2.24, 2.45) is 94.7 Å². The largest absolute Gasteiger partial charge is 0.0885 e. The monoisotopic (exact) mass is 1760 g/mol. The van der Waals surface area contributed by atoms with E-state index in [-0.39, 0.29) is 0 Å². The minimum absolute atomic E-state index is 0.833. The zero-order valence-corrected chi connectivity index (χ0v) is 92.9. The summed E-state index contributed by atoms with van der Waals surface area (Å²) in [5, 5.41) is 2.62. The zero-order valence-electron chi connectivity index (χ0n) is 92.9. The van der Waals surface area contributed by atoms with Crippen LogP contribution in [-0.2, 0) is 19.3 Å². The molecule has 8 fully saturated rings. The summed E-state index contributed by atoms with van der Waals surface area (Å²) in [4.78, 5) is 0. The van der Waals surface area contributed by atoms with Crippen molar-refractivity contribution < 1.29 is 0 Å². The van der Waals surface area contributed by atoms with E-state index in [0.29, 0.717) is 0 Å². The molecule has 0 saturated heterocycles. The smallest absolute Gasteiger partial charge is 0.00882 e. The van der Waals surface area contributed by atoms with Crippen LogP contribution in [0.15, 0.2) is 188 Å². The first kappa shape index (κ1) is 135. The first-order chi connectivity index (χ1) is 60.1. The van der Waals surface area contributed by atoms with Crippen LogP contribution in [-0.4, -0.2) is 0 Å². The van der Waals surface area contributed by atoms with Crippen LogP contribution < -0.4 is 0 Å². The van der Waals surface area contributed by atoms with Crippen molar-refractivity contribution >= 4 is 16.8 Å². The van der Waals surface area contributed by atoms with Gasteiger partial charge in [0, 0.05) is 0 Å². The van der Waals surface area contributed by atoms with Gasteiger partial charge in [0.25, 0.3) is 0 Å². The molecule has 4 aromatic carbocycles. The fourth-order valence-electron chi connectivity index (χ4n) is 12.2. The Bertz CT molecular complexity index is 2610. The highest BCUT2D eigenvalue weighted by Gasteiger charge is 2.41. The van der Waals surface area contributed by atoms with E-state index >= 15 is 0 Å². The number of benzene rings is 4. The quantitative estimate of drug-likeness (QED) is 0.154. The van der Waals surface area contributed by atoms with Gasteiger partial charge in [-0.1, -0.05) is 559 Å². The number of aryl methyl sites for hydroxylation is 2. The fourth-order valence-corrected chi connectivity index (χ4v) is 12.2. The van der Waals surface area contributed by atoms with E-state index in [0.717, 1.165) is 96.7 Å². The minimum atomic E-state index is 0.833. The van der Waals surface area contributed by atoms with Crippen LogP contribution in [0.3, 0.4) is 0 Å². The van der Waals surface area contributed by atoms with Crippen molar-refractivity contribution in [2.75, 3.05) is 0 Å². The van der Waals surface area contributed by atoms with Crippen molar-refractivity contribution in [2.45, 2.75) is 487 Å². The average molecular weight is 1760 g/mol. The van der Waals surface area contributed by atoms with Gasteiger partial charge in [-0.05, 0) is 250 Å². The van der Waals surface area contributed by atoms with Gasteiger partial charge in [-0.15, -0.1) is 0 Å². The van der Waals surface area contributed by atoms with Gasteiger partial charge in [-0.3, -0.25) is 0 Å². The number of hydrogen-bond donors (Lipinski definition) is 0. The summed E-state index contributed by atoms with van der Waals surface area (Å²) in [5.41, 5.74) is 6.00. The molecule has 18 rings (SSSR count). The molecule has 0 radical (unpaired) electrons. The van der Waals surface area contributed by atoms with Gasteiger partial charge in [0.2, 0.25) is 0 Å². The van der Waals surface area contributed by atoms with Crippen LogP contribution in [0.4, 0.5) is 0 Å². The van der Waals surface area contributed by atoms with Crippen molar-refractivity contribution in [3.63, 3.8) is 0 Å². The second kappa shape index (κ2) is 103. The van der Waals surface area contributed by atoms with E-state index in [1.54, 1.807) is 49.7 Å². The van der Waals surface area contributed by atoms with Crippen LogP contribution in [0.5, 0.6) is 0 Å². The molecule has 4 bridgehead atoms. The molecular formula is C127H230. The Labute approximate surface area is 803 Å². The molecule has 4 aromatic rings. The van der Waals surface area contributed by atoms with Crippen LogP contribution in [0.25, 0.3) is 16.8 Å². The Balaban J connectivity index is -0.000000239. The van der Waals surface area contributed by atoms with E-state index in [2.05, 4.69) is 444 Å². The van der Waals surface area contributed by atoms with Gasteiger partial charge < -0.3 is 0 Å². The lowest BCUT2D eigenvalue weighted by molar-refractivity contribution is 0.0198. The SMILES string of the molecule is C1=CCC=C1.C1=CCC=CC1.C1=CCCC1.C1=CCCC=C1.C1=Cc2ccccc2C1.C1C2CC3CC1CC(C2)C3.C1CC1.C1CCC1.C1CCCC1.C1CCCCC1.CC(C)C.CC(C)C.CC(C)C.CC(C)C.CC(C)C.CC(C)C.CC(C)C.CC(C)C.CC(C)C.CC(C)C.CC(C)C.CC(C)C.c1ccc2c(c1)CCCC2.c1ccc2ccccc2c1. The van der Waals surface area contributed by atoms with Gasteiger partial charge in [0.05, 0.1) is 0 Å². The maximum atomic E-state index is 2.26. The van der Waals surface area contributed by atoms with Crippen molar-refractivity contribution in [1.82, 2.24) is 0 Å². The molecule has 738 valence electrons. The number of rotatable bonds is 0. The maximum absolute atomic E-state index is 2.26. The third-order valence-electron chi connectivity index (χ3n) is 17.0. The first-order valence-electron chi connectivity index (χ1n) is 53.9. The summed E-state index contributed by atoms with van der Waals surface area (Å²) in [6.07, 6.45) is 87.5. The van der Waals surface area contributed by atoms with Crippen LogP contribution >= 0.6 is 0 Å². The maximum Gasteiger partial charge on any atom is -0.00882 e. The predicted octanol–water partition coefficient (Wildman–Crippen LogP) is 44.5. The van der Waals surface area contributed by atoms with Crippen molar-refractivity contribution in [3.8, 4) is 0 Å². The summed E-state index contributed by atoms with van der Waals surface area (Å²) in [6.45, 7) is 78.0. The lowest BCUT2D eigenvalue weighted by Gasteiger charge is -2.49. The van der Waals surface area contributed by atoms with Crippen LogP contribution in [0.1, 0.15) is 490 Å². The third-order valence-corrected chi connectivity index (χ3v) is 17.0. The van der Waals surface area contributed by atoms with Crippen LogP contribution in [0, 0.1) is 94.7 Å². The highest BCUT2D eigenvalue weighted by atomic mass is 14.5. The Morgan fingerprint density at radius 3 is 0.551 bits per heavy atom. The molecule has 0 heteroatoms.